The van der Waals surface area contributed by atoms with Crippen LogP contribution in [0, 0.1) is 5.82 Å². The number of para-hydroxylation sites is 1. The van der Waals surface area contributed by atoms with E-state index in [2.05, 4.69) is 31.4 Å². The lowest BCUT2D eigenvalue weighted by Gasteiger charge is -2.11. The molecule has 0 fully saturated rings. The molecule has 0 aliphatic heterocycles. The van der Waals surface area contributed by atoms with Crippen LogP contribution in [0.1, 0.15) is 0 Å². The van der Waals surface area contributed by atoms with Crippen molar-refractivity contribution in [2.75, 3.05) is 11.1 Å². The highest BCUT2D eigenvalue weighted by molar-refractivity contribution is 9.10. The number of benzene rings is 3. The van der Waals surface area contributed by atoms with Gasteiger partial charge in [-0.15, -0.1) is 10.2 Å². The molecule has 3 aromatic carbocycles. The molecular weight excluding hydrogens is 467 g/mol. The molecule has 0 bridgehead atoms. The van der Waals surface area contributed by atoms with Gasteiger partial charge in [0.05, 0.1) is 11.4 Å². The number of aromatic nitrogens is 3. The van der Waals surface area contributed by atoms with E-state index in [4.69, 9.17) is 0 Å². The summed E-state index contributed by atoms with van der Waals surface area (Å²) in [5, 5.41) is 12.1. The van der Waals surface area contributed by atoms with Gasteiger partial charge >= 0.3 is 0 Å². The zero-order valence-electron chi connectivity index (χ0n) is 15.6. The number of amides is 1. The fourth-order valence-corrected chi connectivity index (χ4v) is 4.06. The minimum atomic E-state index is -0.376. The summed E-state index contributed by atoms with van der Waals surface area (Å²) in [7, 11) is 0. The van der Waals surface area contributed by atoms with Crippen LogP contribution in [0.15, 0.2) is 88.5 Å². The molecule has 1 aromatic heterocycles. The van der Waals surface area contributed by atoms with Gasteiger partial charge in [0.2, 0.25) is 5.91 Å². The van der Waals surface area contributed by atoms with Crippen molar-refractivity contribution in [2.24, 2.45) is 0 Å². The van der Waals surface area contributed by atoms with Gasteiger partial charge in [-0.3, -0.25) is 9.36 Å². The Balaban J connectivity index is 1.57. The summed E-state index contributed by atoms with van der Waals surface area (Å²) in [4.78, 5) is 12.4. The van der Waals surface area contributed by atoms with Gasteiger partial charge in [-0.05, 0) is 46.3 Å². The number of anilines is 1. The minimum absolute atomic E-state index is 0.129. The summed E-state index contributed by atoms with van der Waals surface area (Å²) >= 11 is 4.54. The van der Waals surface area contributed by atoms with E-state index in [1.165, 1.54) is 30.0 Å². The van der Waals surface area contributed by atoms with Crippen LogP contribution in [-0.4, -0.2) is 26.4 Å². The maximum atomic E-state index is 13.2. The van der Waals surface area contributed by atoms with E-state index in [1.54, 1.807) is 0 Å². The number of nitrogens with zero attached hydrogens (tertiary/aromatic N) is 3. The SMILES string of the molecule is O=C(CSc1nnc(-c2ccccc2)n1-c1ccccc1)Nc1ccc(F)cc1Br. The van der Waals surface area contributed by atoms with Crippen molar-refractivity contribution < 1.29 is 9.18 Å². The van der Waals surface area contributed by atoms with E-state index < -0.39 is 0 Å². The second-order valence-corrected chi connectivity index (χ2v) is 8.10. The molecule has 4 rings (SSSR count). The highest BCUT2D eigenvalue weighted by Gasteiger charge is 2.17. The van der Waals surface area contributed by atoms with Gasteiger partial charge < -0.3 is 5.32 Å². The predicted molar refractivity (Wildman–Crippen MR) is 120 cm³/mol. The molecule has 8 heteroatoms. The maximum Gasteiger partial charge on any atom is 0.234 e. The summed E-state index contributed by atoms with van der Waals surface area (Å²) in [6, 6.07) is 23.7. The quantitative estimate of drug-likeness (QED) is 0.365. The number of halogens is 2. The lowest BCUT2D eigenvalue weighted by molar-refractivity contribution is -0.113. The summed E-state index contributed by atoms with van der Waals surface area (Å²) < 4.78 is 15.7. The second kappa shape index (κ2) is 9.23. The number of thioether (sulfide) groups is 1. The third-order valence-electron chi connectivity index (χ3n) is 4.22. The third-order valence-corrected chi connectivity index (χ3v) is 5.80. The fourth-order valence-electron chi connectivity index (χ4n) is 2.85. The Morgan fingerprint density at radius 3 is 2.40 bits per heavy atom. The van der Waals surface area contributed by atoms with Crippen molar-refractivity contribution in [3.8, 4) is 17.1 Å². The number of carbonyl (C=O) groups excluding carboxylic acids is 1. The van der Waals surface area contributed by atoms with Crippen molar-refractivity contribution in [3.63, 3.8) is 0 Å². The Morgan fingerprint density at radius 2 is 1.70 bits per heavy atom. The molecule has 0 saturated heterocycles. The first-order valence-electron chi connectivity index (χ1n) is 9.06. The largest absolute Gasteiger partial charge is 0.324 e. The van der Waals surface area contributed by atoms with Crippen LogP contribution < -0.4 is 5.32 Å². The smallest absolute Gasteiger partial charge is 0.234 e. The molecule has 5 nitrogen and oxygen atoms in total. The number of hydrogen-bond acceptors (Lipinski definition) is 4. The van der Waals surface area contributed by atoms with E-state index in [1.807, 2.05) is 65.2 Å². The lowest BCUT2D eigenvalue weighted by atomic mass is 10.2. The van der Waals surface area contributed by atoms with E-state index in [0.29, 0.717) is 21.1 Å². The predicted octanol–water partition coefficient (Wildman–Crippen LogP) is 5.57. The number of rotatable bonds is 6. The Labute approximate surface area is 185 Å². The number of hydrogen-bond donors (Lipinski definition) is 1. The molecule has 0 saturated carbocycles. The van der Waals surface area contributed by atoms with Crippen LogP contribution >= 0.6 is 27.7 Å². The zero-order valence-corrected chi connectivity index (χ0v) is 18.0. The topological polar surface area (TPSA) is 59.8 Å². The molecule has 0 radical (unpaired) electrons. The molecule has 150 valence electrons. The Morgan fingerprint density at radius 1 is 1.00 bits per heavy atom. The van der Waals surface area contributed by atoms with Crippen LogP contribution in [0.2, 0.25) is 0 Å². The van der Waals surface area contributed by atoms with E-state index in [0.717, 1.165) is 11.3 Å². The van der Waals surface area contributed by atoms with Gasteiger partial charge in [0, 0.05) is 15.7 Å². The standard InChI is InChI=1S/C22H16BrFN4OS/c23-18-13-16(24)11-12-19(18)25-20(29)14-30-22-27-26-21(15-7-3-1-4-8-15)28(22)17-9-5-2-6-10-17/h1-13H,14H2,(H,25,29). The number of carbonyl (C=O) groups is 1. The fraction of sp³-hybridized carbons (Fsp3) is 0.0455. The van der Waals surface area contributed by atoms with Crippen molar-refractivity contribution in [1.82, 2.24) is 14.8 Å². The highest BCUT2D eigenvalue weighted by atomic mass is 79.9. The van der Waals surface area contributed by atoms with Crippen LogP contribution in [0.3, 0.4) is 0 Å². The molecule has 0 aliphatic carbocycles. The van der Waals surface area contributed by atoms with Crippen molar-refractivity contribution in [3.05, 3.63) is 89.2 Å². The molecule has 0 atom stereocenters. The normalized spacial score (nSPS) is 10.7. The van der Waals surface area contributed by atoms with Crippen molar-refractivity contribution >= 4 is 39.3 Å². The third kappa shape index (κ3) is 4.60. The van der Waals surface area contributed by atoms with Gasteiger partial charge in [-0.25, -0.2) is 4.39 Å². The van der Waals surface area contributed by atoms with Gasteiger partial charge in [0.1, 0.15) is 5.82 Å². The summed E-state index contributed by atoms with van der Waals surface area (Å²) in [6.45, 7) is 0. The Bertz CT molecular complexity index is 1170. The van der Waals surface area contributed by atoms with E-state index in [-0.39, 0.29) is 17.5 Å². The molecule has 0 aliphatic rings. The van der Waals surface area contributed by atoms with Gasteiger partial charge in [0.25, 0.3) is 0 Å². The summed E-state index contributed by atoms with van der Waals surface area (Å²) in [5.74, 6) is 0.227. The molecule has 30 heavy (non-hydrogen) atoms. The Kier molecular flexibility index (Phi) is 6.25. The Hall–Kier alpha value is -2.97. The first-order chi connectivity index (χ1) is 14.6. The van der Waals surface area contributed by atoms with E-state index in [9.17, 15) is 9.18 Å². The summed E-state index contributed by atoms with van der Waals surface area (Å²) in [6.07, 6.45) is 0. The van der Waals surface area contributed by atoms with Crippen LogP contribution in [0.5, 0.6) is 0 Å². The monoisotopic (exact) mass is 482 g/mol. The average Bonchev–Trinajstić information content (AvgIpc) is 3.19. The first kappa shape index (κ1) is 20.3. The van der Waals surface area contributed by atoms with Gasteiger partial charge in [-0.2, -0.15) is 0 Å². The summed E-state index contributed by atoms with van der Waals surface area (Å²) in [5.41, 5.74) is 2.35. The molecule has 0 unspecified atom stereocenters. The average molecular weight is 483 g/mol. The first-order valence-corrected chi connectivity index (χ1v) is 10.8. The molecule has 0 spiro atoms. The second-order valence-electron chi connectivity index (χ2n) is 6.30. The molecule has 1 N–H and O–H groups in total. The van der Waals surface area contributed by atoms with Gasteiger partial charge in [0.15, 0.2) is 11.0 Å². The van der Waals surface area contributed by atoms with Crippen LogP contribution in [0.25, 0.3) is 17.1 Å². The molecule has 1 amide bonds. The zero-order chi connectivity index (χ0) is 20.9. The highest BCUT2D eigenvalue weighted by Crippen LogP contribution is 2.28. The van der Waals surface area contributed by atoms with Crippen LogP contribution in [0.4, 0.5) is 10.1 Å². The minimum Gasteiger partial charge on any atom is -0.324 e. The number of nitrogens with one attached hydrogen (secondary N) is 1. The molecule has 4 aromatic rings. The van der Waals surface area contributed by atoms with Crippen molar-refractivity contribution in [1.29, 1.82) is 0 Å². The molecular formula is C22H16BrFN4OS. The van der Waals surface area contributed by atoms with Gasteiger partial charge in [-0.1, -0.05) is 60.3 Å². The van der Waals surface area contributed by atoms with E-state index >= 15 is 0 Å². The van der Waals surface area contributed by atoms with Crippen molar-refractivity contribution in [2.45, 2.75) is 5.16 Å². The maximum absolute atomic E-state index is 13.2. The molecule has 1 heterocycles. The van der Waals surface area contributed by atoms with Crippen LogP contribution in [-0.2, 0) is 4.79 Å². The lowest BCUT2D eigenvalue weighted by Crippen LogP contribution is -2.15.